The highest BCUT2D eigenvalue weighted by atomic mass is 16.5. The summed E-state index contributed by atoms with van der Waals surface area (Å²) < 4.78 is 6.12. The number of aromatic amines is 1. The molecule has 0 saturated heterocycles. The van der Waals surface area contributed by atoms with Gasteiger partial charge in [-0.05, 0) is 23.6 Å². The van der Waals surface area contributed by atoms with Crippen LogP contribution in [0.25, 0.3) is 5.82 Å². The van der Waals surface area contributed by atoms with E-state index in [0.29, 0.717) is 11.4 Å². The van der Waals surface area contributed by atoms with Crippen LogP contribution >= 0.6 is 0 Å². The summed E-state index contributed by atoms with van der Waals surface area (Å²) in [6, 6.07) is 4.47. The van der Waals surface area contributed by atoms with E-state index in [1.54, 1.807) is 35.3 Å². The van der Waals surface area contributed by atoms with Crippen molar-refractivity contribution in [2.45, 2.75) is 26.8 Å². The Morgan fingerprint density at radius 2 is 2.16 bits per heavy atom. The van der Waals surface area contributed by atoms with Gasteiger partial charge in [0.05, 0.1) is 6.04 Å². The molecule has 3 heterocycles. The molecule has 2 N–H and O–H groups in total. The first-order chi connectivity index (χ1) is 11.8. The van der Waals surface area contributed by atoms with Gasteiger partial charge in [0.15, 0.2) is 11.6 Å². The average Bonchev–Trinajstić information content (AvgIpc) is 3.23. The Kier molecular flexibility index (Phi) is 4.22. The van der Waals surface area contributed by atoms with Crippen LogP contribution in [0, 0.1) is 5.41 Å². The van der Waals surface area contributed by atoms with E-state index in [-0.39, 0.29) is 11.7 Å². The van der Waals surface area contributed by atoms with Crippen molar-refractivity contribution >= 4 is 5.91 Å². The molecule has 25 heavy (non-hydrogen) atoms. The first-order valence-electron chi connectivity index (χ1n) is 7.67. The SMILES string of the molecule is CC(C)(C)C(NC(=O)c1ccnc(-n2cccn2)c1)c1noc(=O)[nH]1. The molecular weight excluding hydrogens is 324 g/mol. The fourth-order valence-electron chi connectivity index (χ4n) is 2.36. The molecule has 3 rings (SSSR count). The number of pyridine rings is 1. The summed E-state index contributed by atoms with van der Waals surface area (Å²) in [6.45, 7) is 5.77. The molecule has 0 aliphatic rings. The zero-order valence-corrected chi connectivity index (χ0v) is 14.1. The number of carbonyl (C=O) groups is 1. The van der Waals surface area contributed by atoms with E-state index < -0.39 is 17.2 Å². The molecule has 0 bridgehead atoms. The van der Waals surface area contributed by atoms with E-state index in [4.69, 9.17) is 0 Å². The molecule has 9 nitrogen and oxygen atoms in total. The van der Waals surface area contributed by atoms with Gasteiger partial charge in [0.25, 0.3) is 5.91 Å². The van der Waals surface area contributed by atoms with Gasteiger partial charge >= 0.3 is 5.76 Å². The predicted molar refractivity (Wildman–Crippen MR) is 88.1 cm³/mol. The molecule has 9 heteroatoms. The molecule has 3 aromatic rings. The van der Waals surface area contributed by atoms with Gasteiger partial charge in [-0.25, -0.2) is 14.5 Å². The maximum absolute atomic E-state index is 12.7. The zero-order valence-electron chi connectivity index (χ0n) is 14.1. The fraction of sp³-hybridized carbons (Fsp3) is 0.312. The van der Waals surface area contributed by atoms with Gasteiger partial charge in [-0.2, -0.15) is 5.10 Å². The summed E-state index contributed by atoms with van der Waals surface area (Å²) in [5.41, 5.74) is 0.0217. The number of amides is 1. The maximum atomic E-state index is 12.7. The number of nitrogens with zero attached hydrogens (tertiary/aromatic N) is 4. The lowest BCUT2D eigenvalue weighted by Crippen LogP contribution is -2.37. The van der Waals surface area contributed by atoms with E-state index in [2.05, 4.69) is 30.1 Å². The summed E-state index contributed by atoms with van der Waals surface area (Å²) >= 11 is 0. The second-order valence-corrected chi connectivity index (χ2v) is 6.61. The molecule has 1 unspecified atom stereocenters. The van der Waals surface area contributed by atoms with Crippen LogP contribution in [0.5, 0.6) is 0 Å². The lowest BCUT2D eigenvalue weighted by molar-refractivity contribution is 0.0896. The van der Waals surface area contributed by atoms with E-state index in [0.717, 1.165) is 0 Å². The van der Waals surface area contributed by atoms with Crippen molar-refractivity contribution in [3.63, 3.8) is 0 Å². The Morgan fingerprint density at radius 3 is 2.76 bits per heavy atom. The fourth-order valence-corrected chi connectivity index (χ4v) is 2.36. The highest BCUT2D eigenvalue weighted by Gasteiger charge is 2.31. The van der Waals surface area contributed by atoms with Gasteiger partial charge < -0.3 is 5.32 Å². The first-order valence-corrected chi connectivity index (χ1v) is 7.67. The summed E-state index contributed by atoms with van der Waals surface area (Å²) in [4.78, 5) is 30.6. The summed E-state index contributed by atoms with van der Waals surface area (Å²) in [7, 11) is 0. The number of hydrogen-bond acceptors (Lipinski definition) is 6. The van der Waals surface area contributed by atoms with Gasteiger partial charge in [0.1, 0.15) is 0 Å². The number of rotatable bonds is 4. The van der Waals surface area contributed by atoms with Gasteiger partial charge in [0, 0.05) is 24.2 Å². The molecule has 3 aromatic heterocycles. The smallest absolute Gasteiger partial charge is 0.341 e. The second kappa shape index (κ2) is 6.34. The summed E-state index contributed by atoms with van der Waals surface area (Å²) in [5, 5.41) is 10.7. The molecule has 0 fully saturated rings. The molecule has 0 aromatic carbocycles. The molecule has 0 radical (unpaired) electrons. The zero-order chi connectivity index (χ0) is 18.0. The van der Waals surface area contributed by atoms with Crippen molar-refractivity contribution in [3.8, 4) is 5.82 Å². The molecule has 1 amide bonds. The molecular formula is C16H18N6O3. The van der Waals surface area contributed by atoms with Gasteiger partial charge in [-0.3, -0.25) is 14.3 Å². The van der Waals surface area contributed by atoms with Crippen LogP contribution < -0.4 is 11.1 Å². The second-order valence-electron chi connectivity index (χ2n) is 6.61. The Hall–Kier alpha value is -3.23. The minimum absolute atomic E-state index is 0.271. The third-order valence-electron chi connectivity index (χ3n) is 3.62. The van der Waals surface area contributed by atoms with E-state index in [1.807, 2.05) is 20.8 Å². The number of aromatic nitrogens is 5. The van der Waals surface area contributed by atoms with Crippen LogP contribution in [0.15, 0.2) is 46.1 Å². The molecule has 0 aliphatic heterocycles. The highest BCUT2D eigenvalue weighted by Crippen LogP contribution is 2.30. The topological polar surface area (TPSA) is 119 Å². The van der Waals surface area contributed by atoms with Gasteiger partial charge in [0.2, 0.25) is 0 Å². The van der Waals surface area contributed by atoms with Crippen molar-refractivity contribution in [2.75, 3.05) is 0 Å². The van der Waals surface area contributed by atoms with Crippen molar-refractivity contribution in [3.05, 3.63) is 58.7 Å². The molecule has 0 saturated carbocycles. The Balaban J connectivity index is 1.87. The average molecular weight is 342 g/mol. The number of nitrogens with one attached hydrogen (secondary N) is 2. The third-order valence-corrected chi connectivity index (χ3v) is 3.62. The predicted octanol–water partition coefficient (Wildman–Crippen LogP) is 1.46. The summed E-state index contributed by atoms with van der Waals surface area (Å²) in [5.74, 6) is -0.185. The standard InChI is InChI=1S/C16H18N6O3/c1-16(2,3)12(13-20-15(24)25-21-13)19-14(23)10-5-7-17-11(9-10)22-8-4-6-18-22/h4-9,12H,1-3H3,(H,19,23)(H,20,21,24). The normalized spacial score (nSPS) is 12.8. The van der Waals surface area contributed by atoms with Gasteiger partial charge in [-0.15, -0.1) is 0 Å². The lowest BCUT2D eigenvalue weighted by atomic mass is 9.86. The quantitative estimate of drug-likeness (QED) is 0.741. The van der Waals surface area contributed by atoms with Crippen molar-refractivity contribution < 1.29 is 9.32 Å². The lowest BCUT2D eigenvalue weighted by Gasteiger charge is -2.29. The Labute approximate surface area is 143 Å². The molecule has 0 aliphatic carbocycles. The highest BCUT2D eigenvalue weighted by molar-refractivity contribution is 5.94. The minimum atomic E-state index is -0.664. The van der Waals surface area contributed by atoms with E-state index >= 15 is 0 Å². The minimum Gasteiger partial charge on any atom is -0.341 e. The molecule has 0 spiro atoms. The molecule has 130 valence electrons. The van der Waals surface area contributed by atoms with Crippen LogP contribution in [0.2, 0.25) is 0 Å². The van der Waals surface area contributed by atoms with Crippen molar-refractivity contribution in [1.29, 1.82) is 0 Å². The van der Waals surface area contributed by atoms with Crippen LogP contribution in [0.3, 0.4) is 0 Å². The van der Waals surface area contributed by atoms with Crippen molar-refractivity contribution in [2.24, 2.45) is 5.41 Å². The first kappa shape index (κ1) is 16.6. The number of H-pyrrole nitrogens is 1. The van der Waals surface area contributed by atoms with E-state index in [9.17, 15) is 9.59 Å². The monoisotopic (exact) mass is 342 g/mol. The number of hydrogen-bond donors (Lipinski definition) is 2. The van der Waals surface area contributed by atoms with E-state index in [1.165, 1.54) is 6.20 Å². The van der Waals surface area contributed by atoms with Crippen LogP contribution in [0.1, 0.15) is 43.0 Å². The van der Waals surface area contributed by atoms with Crippen LogP contribution in [0.4, 0.5) is 0 Å². The largest absolute Gasteiger partial charge is 0.438 e. The Morgan fingerprint density at radius 1 is 1.36 bits per heavy atom. The molecule has 1 atom stereocenters. The van der Waals surface area contributed by atoms with Crippen molar-refractivity contribution in [1.82, 2.24) is 30.2 Å². The number of carbonyl (C=O) groups excluding carboxylic acids is 1. The maximum Gasteiger partial charge on any atom is 0.438 e. The third kappa shape index (κ3) is 3.65. The van der Waals surface area contributed by atoms with Crippen LogP contribution in [-0.4, -0.2) is 30.8 Å². The summed E-state index contributed by atoms with van der Waals surface area (Å²) in [6.07, 6.45) is 4.91. The van der Waals surface area contributed by atoms with Gasteiger partial charge in [-0.1, -0.05) is 25.9 Å². The van der Waals surface area contributed by atoms with Crippen LogP contribution in [-0.2, 0) is 0 Å². The Bertz CT molecular complexity index is 920.